The Morgan fingerprint density at radius 1 is 1.30 bits per heavy atom. The highest BCUT2D eigenvalue weighted by molar-refractivity contribution is 7.99. The van der Waals surface area contributed by atoms with Crippen molar-refractivity contribution in [3.05, 3.63) is 23.8 Å². The predicted octanol–water partition coefficient (Wildman–Crippen LogP) is 2.46. The standard InChI is InChI=1S/C15H24N2O4S2/c1-4-10-23(19,20)17-14-7-5-6-13(12(14)2)16-15(18)11-22-9-8-21-3/h5-7,17H,4,8-11H2,1-3H3,(H,16,18). The van der Waals surface area contributed by atoms with Crippen LogP contribution in [0.5, 0.6) is 0 Å². The average molecular weight is 361 g/mol. The van der Waals surface area contributed by atoms with Gasteiger partial charge in [-0.15, -0.1) is 11.8 Å². The van der Waals surface area contributed by atoms with E-state index in [4.69, 9.17) is 4.74 Å². The summed E-state index contributed by atoms with van der Waals surface area (Å²) in [7, 11) is -1.73. The third-order valence-electron chi connectivity index (χ3n) is 3.01. The molecule has 6 nitrogen and oxygen atoms in total. The summed E-state index contributed by atoms with van der Waals surface area (Å²) in [5, 5.41) is 2.81. The van der Waals surface area contributed by atoms with Gasteiger partial charge in [0.15, 0.2) is 0 Å². The first-order chi connectivity index (χ1) is 10.9. The maximum Gasteiger partial charge on any atom is 0.234 e. The number of nitrogens with one attached hydrogen (secondary N) is 2. The monoisotopic (exact) mass is 360 g/mol. The van der Waals surface area contributed by atoms with E-state index < -0.39 is 10.0 Å². The second kappa shape index (κ2) is 9.79. The predicted molar refractivity (Wildman–Crippen MR) is 96.7 cm³/mol. The van der Waals surface area contributed by atoms with E-state index in [1.54, 1.807) is 32.2 Å². The molecule has 130 valence electrons. The van der Waals surface area contributed by atoms with Crippen LogP contribution in [0.2, 0.25) is 0 Å². The number of hydrogen-bond donors (Lipinski definition) is 2. The van der Waals surface area contributed by atoms with Crippen LogP contribution in [0.25, 0.3) is 0 Å². The molecule has 1 aromatic carbocycles. The largest absolute Gasteiger partial charge is 0.384 e. The molecule has 0 bridgehead atoms. The molecular formula is C15H24N2O4S2. The highest BCUT2D eigenvalue weighted by atomic mass is 32.2. The Morgan fingerprint density at radius 2 is 2.00 bits per heavy atom. The van der Waals surface area contributed by atoms with Crippen LogP contribution in [-0.4, -0.2) is 45.3 Å². The second-order valence-electron chi connectivity index (χ2n) is 4.99. The molecule has 0 saturated heterocycles. The van der Waals surface area contributed by atoms with Crippen LogP contribution < -0.4 is 10.0 Å². The molecule has 0 aromatic heterocycles. The second-order valence-corrected chi connectivity index (χ2v) is 7.94. The van der Waals surface area contributed by atoms with Crippen LogP contribution in [-0.2, 0) is 19.6 Å². The number of benzene rings is 1. The molecule has 0 aliphatic heterocycles. The van der Waals surface area contributed by atoms with E-state index in [2.05, 4.69) is 10.0 Å². The molecule has 0 aliphatic rings. The molecule has 1 rings (SSSR count). The van der Waals surface area contributed by atoms with Crippen molar-refractivity contribution in [2.24, 2.45) is 0 Å². The summed E-state index contributed by atoms with van der Waals surface area (Å²) in [6.07, 6.45) is 0.545. The minimum Gasteiger partial charge on any atom is -0.384 e. The molecule has 1 amide bonds. The molecule has 0 aliphatic carbocycles. The quantitative estimate of drug-likeness (QED) is 0.626. The van der Waals surface area contributed by atoms with Gasteiger partial charge in [0.25, 0.3) is 0 Å². The van der Waals surface area contributed by atoms with Crippen molar-refractivity contribution < 1.29 is 17.9 Å². The van der Waals surface area contributed by atoms with E-state index in [1.165, 1.54) is 11.8 Å². The van der Waals surface area contributed by atoms with E-state index >= 15 is 0 Å². The molecule has 0 unspecified atom stereocenters. The van der Waals surface area contributed by atoms with Gasteiger partial charge in [0, 0.05) is 18.6 Å². The number of sulfonamides is 1. The summed E-state index contributed by atoms with van der Waals surface area (Å²) in [5.74, 6) is 1.02. The van der Waals surface area contributed by atoms with Crippen molar-refractivity contribution in [2.75, 3.05) is 41.0 Å². The number of carbonyl (C=O) groups is 1. The Morgan fingerprint density at radius 3 is 2.65 bits per heavy atom. The lowest BCUT2D eigenvalue weighted by atomic mass is 10.1. The molecule has 0 radical (unpaired) electrons. The molecule has 0 saturated carbocycles. The van der Waals surface area contributed by atoms with E-state index in [1.807, 2.05) is 6.92 Å². The van der Waals surface area contributed by atoms with E-state index in [0.717, 1.165) is 5.75 Å². The number of carbonyl (C=O) groups excluding carboxylic acids is 1. The van der Waals surface area contributed by atoms with Gasteiger partial charge in [-0.3, -0.25) is 9.52 Å². The summed E-state index contributed by atoms with van der Waals surface area (Å²) in [6, 6.07) is 5.15. The van der Waals surface area contributed by atoms with Crippen LogP contribution in [0.15, 0.2) is 18.2 Å². The molecule has 23 heavy (non-hydrogen) atoms. The third kappa shape index (κ3) is 7.24. The van der Waals surface area contributed by atoms with E-state index in [9.17, 15) is 13.2 Å². The summed E-state index contributed by atoms with van der Waals surface area (Å²) < 4.78 is 31.2. The highest BCUT2D eigenvalue weighted by Crippen LogP contribution is 2.24. The summed E-state index contributed by atoms with van der Waals surface area (Å²) in [4.78, 5) is 11.9. The van der Waals surface area contributed by atoms with Gasteiger partial charge >= 0.3 is 0 Å². The van der Waals surface area contributed by atoms with Crippen LogP contribution in [0.1, 0.15) is 18.9 Å². The number of ether oxygens (including phenoxy) is 1. The Hall–Kier alpha value is -1.25. The lowest BCUT2D eigenvalue weighted by Crippen LogP contribution is -2.18. The van der Waals surface area contributed by atoms with Gasteiger partial charge in [-0.05, 0) is 31.0 Å². The van der Waals surface area contributed by atoms with Crippen LogP contribution in [0, 0.1) is 6.92 Å². The smallest absolute Gasteiger partial charge is 0.234 e. The minimum atomic E-state index is -3.35. The highest BCUT2D eigenvalue weighted by Gasteiger charge is 2.13. The Kier molecular flexibility index (Phi) is 8.43. The first-order valence-corrected chi connectivity index (χ1v) is 10.2. The van der Waals surface area contributed by atoms with Gasteiger partial charge in [-0.2, -0.15) is 0 Å². The topological polar surface area (TPSA) is 84.5 Å². The van der Waals surface area contributed by atoms with Gasteiger partial charge in [0.05, 0.1) is 23.8 Å². The number of anilines is 2. The van der Waals surface area contributed by atoms with Crippen molar-refractivity contribution in [2.45, 2.75) is 20.3 Å². The molecule has 8 heteroatoms. The molecule has 0 fully saturated rings. The number of rotatable bonds is 10. The van der Waals surface area contributed by atoms with Gasteiger partial charge in [0.1, 0.15) is 0 Å². The molecule has 0 spiro atoms. The Bertz CT molecular complexity index is 618. The van der Waals surface area contributed by atoms with Crippen molar-refractivity contribution >= 4 is 39.1 Å². The molecule has 1 aromatic rings. The Balaban J connectivity index is 2.71. The number of methoxy groups -OCH3 is 1. The molecule has 2 N–H and O–H groups in total. The zero-order valence-corrected chi connectivity index (χ0v) is 15.4. The van der Waals surface area contributed by atoms with Crippen molar-refractivity contribution in [3.63, 3.8) is 0 Å². The number of hydrogen-bond acceptors (Lipinski definition) is 5. The van der Waals surface area contributed by atoms with Gasteiger partial charge < -0.3 is 10.1 Å². The van der Waals surface area contributed by atoms with E-state index in [-0.39, 0.29) is 11.7 Å². The van der Waals surface area contributed by atoms with Crippen molar-refractivity contribution in [1.29, 1.82) is 0 Å². The molecule has 0 heterocycles. The maximum atomic E-state index is 11.9. The molecular weight excluding hydrogens is 336 g/mol. The van der Waals surface area contributed by atoms with Crippen LogP contribution in [0.3, 0.4) is 0 Å². The summed E-state index contributed by atoms with van der Waals surface area (Å²) in [6.45, 7) is 4.19. The number of thioether (sulfide) groups is 1. The fraction of sp³-hybridized carbons (Fsp3) is 0.533. The minimum absolute atomic E-state index is 0.0686. The zero-order valence-electron chi connectivity index (χ0n) is 13.7. The van der Waals surface area contributed by atoms with Gasteiger partial charge in [-0.1, -0.05) is 13.0 Å². The van der Waals surface area contributed by atoms with Gasteiger partial charge in [0.2, 0.25) is 15.9 Å². The normalized spacial score (nSPS) is 11.3. The summed E-state index contributed by atoms with van der Waals surface area (Å²) in [5.41, 5.74) is 1.80. The van der Waals surface area contributed by atoms with E-state index in [0.29, 0.717) is 35.7 Å². The lowest BCUT2D eigenvalue weighted by Gasteiger charge is -2.14. The third-order valence-corrected chi connectivity index (χ3v) is 5.41. The fourth-order valence-electron chi connectivity index (χ4n) is 1.86. The van der Waals surface area contributed by atoms with Crippen LogP contribution >= 0.6 is 11.8 Å². The number of amides is 1. The molecule has 0 atom stereocenters. The Labute approximate surface area is 142 Å². The maximum absolute atomic E-state index is 11.9. The SMILES string of the molecule is CCCS(=O)(=O)Nc1cccc(NC(=O)CSCCOC)c1C. The van der Waals surface area contributed by atoms with Crippen molar-refractivity contribution in [1.82, 2.24) is 0 Å². The average Bonchev–Trinajstić information content (AvgIpc) is 2.47. The first kappa shape index (κ1) is 19.8. The summed E-state index contributed by atoms with van der Waals surface area (Å²) >= 11 is 1.48. The lowest BCUT2D eigenvalue weighted by molar-refractivity contribution is -0.113. The fourth-order valence-corrected chi connectivity index (χ4v) is 3.74. The van der Waals surface area contributed by atoms with Gasteiger partial charge in [-0.25, -0.2) is 8.42 Å². The van der Waals surface area contributed by atoms with Crippen LogP contribution in [0.4, 0.5) is 11.4 Å². The first-order valence-electron chi connectivity index (χ1n) is 7.36. The zero-order chi connectivity index (χ0) is 17.3. The van der Waals surface area contributed by atoms with Crippen molar-refractivity contribution in [3.8, 4) is 0 Å².